The number of aromatic nitrogens is 2. The number of benzene rings is 2. The summed E-state index contributed by atoms with van der Waals surface area (Å²) in [6, 6.07) is 18.3. The Morgan fingerprint density at radius 3 is 2.46 bits per heavy atom. The summed E-state index contributed by atoms with van der Waals surface area (Å²) in [5.74, 6) is 1.15. The summed E-state index contributed by atoms with van der Waals surface area (Å²) in [7, 11) is 0. The molecule has 0 radical (unpaired) electrons. The maximum Gasteiger partial charge on any atom is 0.231 e. The summed E-state index contributed by atoms with van der Waals surface area (Å²) in [5.41, 5.74) is 2.04. The molecule has 3 aromatic rings. The largest absolute Gasteiger partial charge is 0.366 e. The Labute approximate surface area is 141 Å². The summed E-state index contributed by atoms with van der Waals surface area (Å²) in [6.07, 6.45) is 1.74. The number of nitrogens with one attached hydrogen (secondary N) is 1. The van der Waals surface area contributed by atoms with Gasteiger partial charge in [0.15, 0.2) is 0 Å². The Kier molecular flexibility index (Phi) is 5.01. The molecule has 0 amide bonds. The smallest absolute Gasteiger partial charge is 0.231 e. The molecule has 122 valence electrons. The highest BCUT2D eigenvalue weighted by molar-refractivity contribution is 5.58. The lowest BCUT2D eigenvalue weighted by molar-refractivity contribution is 0.627. The minimum atomic E-state index is -0.232. The van der Waals surface area contributed by atoms with Gasteiger partial charge in [0.1, 0.15) is 11.6 Å². The summed E-state index contributed by atoms with van der Waals surface area (Å²) in [5, 5.41) is 3.25. The molecule has 0 fully saturated rings. The van der Waals surface area contributed by atoms with Gasteiger partial charge in [-0.1, -0.05) is 30.3 Å². The normalized spacial score (nSPS) is 10.4. The van der Waals surface area contributed by atoms with Crippen molar-refractivity contribution in [3.63, 3.8) is 0 Å². The molecule has 0 bridgehead atoms. The highest BCUT2D eigenvalue weighted by atomic mass is 19.1. The third-order valence-electron chi connectivity index (χ3n) is 3.66. The number of nitrogens with zero attached hydrogens (tertiary/aromatic N) is 3. The molecule has 1 aromatic heterocycles. The molecule has 24 heavy (non-hydrogen) atoms. The van der Waals surface area contributed by atoms with Gasteiger partial charge in [-0.15, -0.1) is 0 Å². The van der Waals surface area contributed by atoms with E-state index in [-0.39, 0.29) is 5.82 Å². The molecule has 0 aliphatic rings. The zero-order chi connectivity index (χ0) is 16.8. The fourth-order valence-corrected chi connectivity index (χ4v) is 2.42. The van der Waals surface area contributed by atoms with Gasteiger partial charge in [0.05, 0.1) is 0 Å². The zero-order valence-corrected chi connectivity index (χ0v) is 13.5. The van der Waals surface area contributed by atoms with Crippen LogP contribution >= 0.6 is 0 Å². The van der Waals surface area contributed by atoms with Gasteiger partial charge < -0.3 is 10.2 Å². The molecule has 0 saturated carbocycles. The van der Waals surface area contributed by atoms with Crippen LogP contribution in [-0.4, -0.2) is 16.5 Å². The van der Waals surface area contributed by atoms with E-state index < -0.39 is 0 Å². The maximum atomic E-state index is 12.9. The van der Waals surface area contributed by atoms with E-state index in [0.29, 0.717) is 12.5 Å². The van der Waals surface area contributed by atoms with Crippen LogP contribution in [-0.2, 0) is 6.54 Å². The first-order chi connectivity index (χ1) is 11.8. The molecule has 0 aliphatic carbocycles. The van der Waals surface area contributed by atoms with Gasteiger partial charge >= 0.3 is 0 Å². The fraction of sp³-hybridized carbons (Fsp3) is 0.158. The van der Waals surface area contributed by atoms with Crippen LogP contribution in [0.25, 0.3) is 0 Å². The molecule has 1 heterocycles. The molecule has 0 aliphatic heterocycles. The first kappa shape index (κ1) is 15.9. The molecule has 0 saturated heterocycles. The Balaban J connectivity index is 1.74. The molecule has 2 aromatic carbocycles. The molecule has 4 nitrogen and oxygen atoms in total. The lowest BCUT2D eigenvalue weighted by atomic mass is 10.2. The van der Waals surface area contributed by atoms with Gasteiger partial charge in [-0.05, 0) is 42.8 Å². The van der Waals surface area contributed by atoms with Crippen molar-refractivity contribution >= 4 is 17.5 Å². The van der Waals surface area contributed by atoms with Gasteiger partial charge in [0, 0.05) is 25.0 Å². The van der Waals surface area contributed by atoms with E-state index in [4.69, 9.17) is 0 Å². The van der Waals surface area contributed by atoms with Crippen LogP contribution < -0.4 is 10.2 Å². The van der Waals surface area contributed by atoms with E-state index in [1.807, 2.05) is 41.3 Å². The van der Waals surface area contributed by atoms with Crippen LogP contribution in [0.2, 0.25) is 0 Å². The first-order valence-electron chi connectivity index (χ1n) is 7.90. The third kappa shape index (κ3) is 3.87. The zero-order valence-electron chi connectivity index (χ0n) is 13.5. The Morgan fingerprint density at radius 1 is 1.00 bits per heavy atom. The van der Waals surface area contributed by atoms with Crippen molar-refractivity contribution in [2.45, 2.75) is 13.5 Å². The van der Waals surface area contributed by atoms with Crippen molar-refractivity contribution in [3.8, 4) is 0 Å². The topological polar surface area (TPSA) is 41.1 Å². The molecule has 0 spiro atoms. The monoisotopic (exact) mass is 322 g/mol. The molecule has 0 unspecified atom stereocenters. The van der Waals surface area contributed by atoms with E-state index in [2.05, 4.69) is 22.2 Å². The average Bonchev–Trinajstić information content (AvgIpc) is 2.63. The molecule has 0 atom stereocenters. The highest BCUT2D eigenvalue weighted by Gasteiger charge is 2.10. The number of rotatable bonds is 6. The number of hydrogen-bond donors (Lipinski definition) is 1. The minimum Gasteiger partial charge on any atom is -0.366 e. The maximum absolute atomic E-state index is 12.9. The van der Waals surface area contributed by atoms with Crippen molar-refractivity contribution in [1.82, 2.24) is 9.97 Å². The van der Waals surface area contributed by atoms with E-state index in [1.165, 1.54) is 12.1 Å². The minimum absolute atomic E-state index is 0.232. The summed E-state index contributed by atoms with van der Waals surface area (Å²) in [6.45, 7) is 3.41. The van der Waals surface area contributed by atoms with Crippen LogP contribution in [0.15, 0.2) is 66.9 Å². The first-order valence-corrected chi connectivity index (χ1v) is 7.90. The lowest BCUT2D eigenvalue weighted by Gasteiger charge is -2.21. The number of halogens is 1. The fourth-order valence-electron chi connectivity index (χ4n) is 2.42. The second-order valence-electron chi connectivity index (χ2n) is 5.30. The average molecular weight is 322 g/mol. The number of para-hydroxylation sites is 1. The quantitative estimate of drug-likeness (QED) is 0.731. The summed E-state index contributed by atoms with van der Waals surface area (Å²) < 4.78 is 12.9. The van der Waals surface area contributed by atoms with Crippen LogP contribution in [0.4, 0.5) is 21.8 Å². The molecule has 3 rings (SSSR count). The summed E-state index contributed by atoms with van der Waals surface area (Å²) in [4.78, 5) is 11.0. The number of hydrogen-bond acceptors (Lipinski definition) is 4. The summed E-state index contributed by atoms with van der Waals surface area (Å²) >= 11 is 0. The standard InChI is InChI=1S/C19H19FN4/c1-2-24(17-6-4-3-5-7-17)19-21-13-12-18(23-19)22-14-15-8-10-16(20)11-9-15/h3-13H,2,14H2,1H3,(H,21,22,23). The Morgan fingerprint density at radius 2 is 1.75 bits per heavy atom. The second kappa shape index (κ2) is 7.55. The predicted molar refractivity (Wildman–Crippen MR) is 94.9 cm³/mol. The van der Waals surface area contributed by atoms with E-state index >= 15 is 0 Å². The molecular formula is C19H19FN4. The van der Waals surface area contributed by atoms with Crippen LogP contribution in [0, 0.1) is 5.82 Å². The van der Waals surface area contributed by atoms with Crippen LogP contribution in [0.3, 0.4) is 0 Å². The molecular weight excluding hydrogens is 303 g/mol. The van der Waals surface area contributed by atoms with Crippen molar-refractivity contribution in [2.24, 2.45) is 0 Å². The van der Waals surface area contributed by atoms with Gasteiger partial charge in [0.25, 0.3) is 0 Å². The van der Waals surface area contributed by atoms with Crippen molar-refractivity contribution in [1.29, 1.82) is 0 Å². The van der Waals surface area contributed by atoms with E-state index in [9.17, 15) is 4.39 Å². The van der Waals surface area contributed by atoms with Gasteiger partial charge in [-0.3, -0.25) is 0 Å². The second-order valence-corrected chi connectivity index (χ2v) is 5.30. The predicted octanol–water partition coefficient (Wildman–Crippen LogP) is 4.39. The van der Waals surface area contributed by atoms with Gasteiger partial charge in [0.2, 0.25) is 5.95 Å². The van der Waals surface area contributed by atoms with Crippen molar-refractivity contribution in [2.75, 3.05) is 16.8 Å². The van der Waals surface area contributed by atoms with E-state index in [0.717, 1.165) is 23.6 Å². The molecule has 1 N–H and O–H groups in total. The highest BCUT2D eigenvalue weighted by Crippen LogP contribution is 2.22. The van der Waals surface area contributed by atoms with Crippen molar-refractivity contribution in [3.05, 3.63) is 78.2 Å². The number of anilines is 3. The lowest BCUT2D eigenvalue weighted by Crippen LogP contribution is -2.19. The van der Waals surface area contributed by atoms with Gasteiger partial charge in [-0.2, -0.15) is 4.98 Å². The SMILES string of the molecule is CCN(c1ccccc1)c1nccc(NCc2ccc(F)cc2)n1. The Hall–Kier alpha value is -2.95. The van der Waals surface area contributed by atoms with Crippen LogP contribution in [0.5, 0.6) is 0 Å². The van der Waals surface area contributed by atoms with Crippen molar-refractivity contribution < 1.29 is 4.39 Å². The third-order valence-corrected chi connectivity index (χ3v) is 3.66. The van der Waals surface area contributed by atoms with Gasteiger partial charge in [-0.25, -0.2) is 9.37 Å². The Bertz CT molecular complexity index is 775. The molecule has 5 heteroatoms. The van der Waals surface area contributed by atoms with Crippen LogP contribution in [0.1, 0.15) is 12.5 Å². The van der Waals surface area contributed by atoms with E-state index in [1.54, 1.807) is 18.3 Å².